The second kappa shape index (κ2) is 15.6. The smallest absolute Gasteiger partial charge is 0.326 e. The highest BCUT2D eigenvalue weighted by atomic mass is 32.2. The summed E-state index contributed by atoms with van der Waals surface area (Å²) in [4.78, 5) is 72.7. The van der Waals surface area contributed by atoms with E-state index in [9.17, 15) is 29.1 Å². The molecule has 15 heteroatoms. The number of rotatable bonds is 17. The van der Waals surface area contributed by atoms with Gasteiger partial charge in [0.25, 0.3) is 0 Å². The van der Waals surface area contributed by atoms with Gasteiger partial charge in [0, 0.05) is 41.8 Å². The van der Waals surface area contributed by atoms with Crippen LogP contribution in [0.5, 0.6) is 0 Å². The predicted molar refractivity (Wildman–Crippen MR) is 157 cm³/mol. The van der Waals surface area contributed by atoms with E-state index in [1.54, 1.807) is 12.5 Å². The van der Waals surface area contributed by atoms with Gasteiger partial charge in [-0.1, -0.05) is 18.2 Å². The van der Waals surface area contributed by atoms with Crippen molar-refractivity contribution in [1.29, 1.82) is 0 Å². The third kappa shape index (κ3) is 9.34. The summed E-state index contributed by atoms with van der Waals surface area (Å²) in [5, 5.41) is 18.1. The summed E-state index contributed by atoms with van der Waals surface area (Å²) >= 11 is 1.42. The molecular weight excluding hydrogens is 564 g/mol. The number of hydrogen-bond acceptors (Lipinski definition) is 8. The number of nitrogens with two attached hydrogens (primary N) is 2. The molecule has 42 heavy (non-hydrogen) atoms. The third-order valence-corrected chi connectivity index (χ3v) is 7.24. The summed E-state index contributed by atoms with van der Waals surface area (Å²) in [5.41, 5.74) is 13.7. The maximum absolute atomic E-state index is 13.4. The fourth-order valence-electron chi connectivity index (χ4n) is 4.33. The Morgan fingerprint density at radius 3 is 2.31 bits per heavy atom. The molecule has 3 aromatic rings. The zero-order valence-electron chi connectivity index (χ0n) is 23.1. The highest BCUT2D eigenvalue weighted by Crippen LogP contribution is 2.19. The van der Waals surface area contributed by atoms with Crippen LogP contribution in [-0.4, -0.2) is 85.8 Å². The van der Waals surface area contributed by atoms with Crippen LogP contribution in [0.1, 0.15) is 30.5 Å². The average molecular weight is 601 g/mol. The molecule has 4 atom stereocenters. The molecule has 0 saturated heterocycles. The van der Waals surface area contributed by atoms with Gasteiger partial charge in [0.05, 0.1) is 12.4 Å². The molecule has 2 aromatic heterocycles. The van der Waals surface area contributed by atoms with E-state index in [1.807, 2.05) is 24.3 Å². The molecule has 0 aliphatic carbocycles. The molecule has 0 radical (unpaired) electrons. The number of imidazole rings is 1. The lowest BCUT2D eigenvalue weighted by molar-refractivity contribution is -0.142. The number of aromatic amines is 2. The molecule has 0 fully saturated rings. The highest BCUT2D eigenvalue weighted by molar-refractivity contribution is 7.98. The normalized spacial score (nSPS) is 14.0. The molecule has 226 valence electrons. The first-order valence-electron chi connectivity index (χ1n) is 13.3. The zero-order chi connectivity index (χ0) is 30.6. The Morgan fingerprint density at radius 1 is 0.952 bits per heavy atom. The first-order chi connectivity index (χ1) is 20.1. The van der Waals surface area contributed by atoms with E-state index in [-0.39, 0.29) is 32.1 Å². The van der Waals surface area contributed by atoms with Crippen LogP contribution in [0.2, 0.25) is 0 Å². The highest BCUT2D eigenvalue weighted by Gasteiger charge is 2.31. The fraction of sp³-hybridized carbons (Fsp3) is 0.407. The standard InChI is InChI=1S/C27H36N8O6S/c1-42-9-8-21(27(40)41)34-25(38)20(6-7-23(29)36)33-26(39)22(11-16-13-30-14-32-16)35-24(37)18(28)10-15-12-31-19-5-3-2-4-17(15)19/h2-5,12-14,18,20-22,31H,6-11,28H2,1H3,(H2,29,36)(H,30,32)(H,33,39)(H,34,38)(H,35,37)(H,40,41). The SMILES string of the molecule is CSCCC(NC(=O)C(CCC(N)=O)NC(=O)C(Cc1cnc[nH]1)NC(=O)C(N)Cc1c[nH]c2ccccc12)C(=O)O. The van der Waals surface area contributed by atoms with Gasteiger partial charge >= 0.3 is 5.97 Å². The number of fused-ring (bicyclic) bond motifs is 1. The minimum Gasteiger partial charge on any atom is -0.480 e. The minimum absolute atomic E-state index is 0.00693. The number of para-hydroxylation sites is 1. The maximum Gasteiger partial charge on any atom is 0.326 e. The van der Waals surface area contributed by atoms with Crippen LogP contribution in [-0.2, 0) is 36.8 Å². The van der Waals surface area contributed by atoms with Gasteiger partial charge in [-0.15, -0.1) is 0 Å². The number of carbonyl (C=O) groups excluding carboxylic acids is 4. The Hall–Kier alpha value is -4.37. The van der Waals surface area contributed by atoms with E-state index in [4.69, 9.17) is 11.5 Å². The maximum atomic E-state index is 13.4. The second-order valence-electron chi connectivity index (χ2n) is 9.76. The molecule has 0 spiro atoms. The zero-order valence-corrected chi connectivity index (χ0v) is 23.9. The minimum atomic E-state index is -1.29. The van der Waals surface area contributed by atoms with Crippen molar-refractivity contribution in [2.45, 2.75) is 56.3 Å². The van der Waals surface area contributed by atoms with Crippen molar-refractivity contribution in [2.75, 3.05) is 12.0 Å². The Bertz CT molecular complexity index is 1380. The number of aliphatic carboxylic acids is 1. The molecule has 1 aromatic carbocycles. The van der Waals surface area contributed by atoms with E-state index in [2.05, 4.69) is 30.9 Å². The molecule has 0 saturated carbocycles. The van der Waals surface area contributed by atoms with Gasteiger partial charge in [-0.2, -0.15) is 11.8 Å². The molecule has 0 aliphatic rings. The predicted octanol–water partition coefficient (Wildman–Crippen LogP) is -0.439. The lowest BCUT2D eigenvalue weighted by Crippen LogP contribution is -2.58. The number of carboxylic acids is 1. The molecule has 0 bridgehead atoms. The van der Waals surface area contributed by atoms with Crippen LogP contribution in [0.3, 0.4) is 0 Å². The number of nitrogens with one attached hydrogen (secondary N) is 5. The quantitative estimate of drug-likeness (QED) is 0.100. The lowest BCUT2D eigenvalue weighted by Gasteiger charge is -2.25. The molecule has 2 heterocycles. The van der Waals surface area contributed by atoms with E-state index in [0.717, 1.165) is 16.5 Å². The first-order valence-corrected chi connectivity index (χ1v) is 14.7. The van der Waals surface area contributed by atoms with Crippen molar-refractivity contribution in [3.05, 3.63) is 54.2 Å². The summed E-state index contributed by atoms with van der Waals surface area (Å²) in [5.74, 6) is -3.58. The number of carbonyl (C=O) groups is 5. The first kappa shape index (κ1) is 32.1. The Kier molecular flexibility index (Phi) is 11.9. The number of primary amides is 1. The molecule has 3 rings (SSSR count). The summed E-state index contributed by atoms with van der Waals surface area (Å²) in [6.45, 7) is 0. The summed E-state index contributed by atoms with van der Waals surface area (Å²) in [6, 6.07) is 2.92. The summed E-state index contributed by atoms with van der Waals surface area (Å²) in [6.07, 6.45) is 6.41. The van der Waals surface area contributed by atoms with Crippen LogP contribution in [0.25, 0.3) is 10.9 Å². The number of amides is 4. The topological polar surface area (TPSA) is 238 Å². The van der Waals surface area contributed by atoms with E-state index in [0.29, 0.717) is 11.4 Å². The Balaban J connectivity index is 1.75. The second-order valence-corrected chi connectivity index (χ2v) is 10.7. The molecule has 10 N–H and O–H groups in total. The van der Waals surface area contributed by atoms with Gasteiger partial charge in [0.15, 0.2) is 0 Å². The van der Waals surface area contributed by atoms with Gasteiger partial charge in [0.2, 0.25) is 23.6 Å². The van der Waals surface area contributed by atoms with E-state index >= 15 is 0 Å². The van der Waals surface area contributed by atoms with E-state index in [1.165, 1.54) is 24.3 Å². The van der Waals surface area contributed by atoms with Crippen molar-refractivity contribution in [3.8, 4) is 0 Å². The number of hydrogen-bond donors (Lipinski definition) is 8. The number of benzene rings is 1. The van der Waals surface area contributed by atoms with Gasteiger partial charge in [-0.3, -0.25) is 19.2 Å². The van der Waals surface area contributed by atoms with Crippen LogP contribution >= 0.6 is 11.8 Å². The molecular formula is C27H36N8O6S. The summed E-state index contributed by atoms with van der Waals surface area (Å²) in [7, 11) is 0. The number of thioether (sulfide) groups is 1. The van der Waals surface area contributed by atoms with Crippen LogP contribution in [0.4, 0.5) is 0 Å². The molecule has 0 aliphatic heterocycles. The molecule has 4 amide bonds. The van der Waals surface area contributed by atoms with Crippen molar-refractivity contribution in [2.24, 2.45) is 11.5 Å². The average Bonchev–Trinajstić information content (AvgIpc) is 3.62. The van der Waals surface area contributed by atoms with Crippen molar-refractivity contribution < 1.29 is 29.1 Å². The number of aromatic nitrogens is 3. The van der Waals surface area contributed by atoms with Gasteiger partial charge < -0.3 is 42.5 Å². The van der Waals surface area contributed by atoms with Gasteiger partial charge in [0.1, 0.15) is 18.1 Å². The third-order valence-electron chi connectivity index (χ3n) is 6.60. The van der Waals surface area contributed by atoms with Crippen molar-refractivity contribution in [1.82, 2.24) is 30.9 Å². The fourth-order valence-corrected chi connectivity index (χ4v) is 4.80. The summed E-state index contributed by atoms with van der Waals surface area (Å²) < 4.78 is 0. The Labute approximate surface area is 246 Å². The lowest BCUT2D eigenvalue weighted by atomic mass is 10.0. The van der Waals surface area contributed by atoms with E-state index < -0.39 is 53.8 Å². The number of H-pyrrole nitrogens is 2. The number of nitrogens with zero attached hydrogens (tertiary/aromatic N) is 1. The number of carboxylic acid groups (broad SMARTS) is 1. The van der Waals surface area contributed by atoms with Crippen LogP contribution < -0.4 is 27.4 Å². The van der Waals surface area contributed by atoms with Crippen LogP contribution in [0.15, 0.2) is 43.0 Å². The van der Waals surface area contributed by atoms with Crippen LogP contribution in [0, 0.1) is 0 Å². The Morgan fingerprint density at radius 2 is 1.64 bits per heavy atom. The molecule has 14 nitrogen and oxygen atoms in total. The largest absolute Gasteiger partial charge is 0.480 e. The van der Waals surface area contributed by atoms with Crippen molar-refractivity contribution >= 4 is 52.3 Å². The van der Waals surface area contributed by atoms with Gasteiger partial charge in [-0.25, -0.2) is 9.78 Å². The molecule has 4 unspecified atom stereocenters. The monoisotopic (exact) mass is 600 g/mol. The van der Waals surface area contributed by atoms with Gasteiger partial charge in [-0.05, 0) is 42.9 Å². The van der Waals surface area contributed by atoms with Crippen molar-refractivity contribution in [3.63, 3.8) is 0 Å².